The second-order valence-electron chi connectivity index (χ2n) is 5.85. The zero-order valence-electron chi connectivity index (χ0n) is 14.1. The smallest absolute Gasteiger partial charge is 0.249 e. The van der Waals surface area contributed by atoms with Crippen molar-refractivity contribution in [2.45, 2.75) is 26.4 Å². The summed E-state index contributed by atoms with van der Waals surface area (Å²) >= 11 is 12.0. The van der Waals surface area contributed by atoms with Crippen LogP contribution < -0.4 is 5.32 Å². The molecule has 9 heteroatoms. The summed E-state index contributed by atoms with van der Waals surface area (Å²) in [5, 5.41) is 11.9. The summed E-state index contributed by atoms with van der Waals surface area (Å²) in [6, 6.07) is 3.66. The molecule has 6 nitrogen and oxygen atoms in total. The Morgan fingerprint density at radius 3 is 2.69 bits per heavy atom. The average Bonchev–Trinajstić information content (AvgIpc) is 3.17. The zero-order chi connectivity index (χ0) is 18.8. The SMILES string of the molecule is Cc1c(Cl)cnn1C(C)C(=O)Nc1cnn(Cc2ccc(F)cc2Cl)c1. The van der Waals surface area contributed by atoms with E-state index in [-0.39, 0.29) is 5.91 Å². The third-order valence-corrected chi connectivity index (χ3v) is 4.70. The van der Waals surface area contributed by atoms with E-state index in [9.17, 15) is 9.18 Å². The maximum Gasteiger partial charge on any atom is 0.249 e. The summed E-state index contributed by atoms with van der Waals surface area (Å²) in [4.78, 5) is 12.4. The number of rotatable bonds is 5. The van der Waals surface area contributed by atoms with E-state index < -0.39 is 11.9 Å². The standard InChI is InChI=1S/C17H16Cl2FN5O/c1-10-16(19)7-22-25(10)11(2)17(26)23-14-6-21-24(9-14)8-12-3-4-13(20)5-15(12)18/h3-7,9,11H,8H2,1-2H3,(H,23,26). The van der Waals surface area contributed by atoms with Crippen LogP contribution in [0.15, 0.2) is 36.8 Å². The van der Waals surface area contributed by atoms with Crippen molar-refractivity contribution in [3.05, 3.63) is 63.9 Å². The lowest BCUT2D eigenvalue weighted by atomic mass is 10.2. The Morgan fingerprint density at radius 2 is 2.04 bits per heavy atom. The van der Waals surface area contributed by atoms with Gasteiger partial charge in [-0.2, -0.15) is 10.2 Å². The molecule has 3 aromatic rings. The first kappa shape index (κ1) is 18.4. The van der Waals surface area contributed by atoms with Gasteiger partial charge < -0.3 is 5.32 Å². The fraction of sp³-hybridized carbons (Fsp3) is 0.235. The van der Waals surface area contributed by atoms with Crippen LogP contribution in [0.1, 0.15) is 24.2 Å². The lowest BCUT2D eigenvalue weighted by molar-refractivity contribution is -0.119. The Hall–Kier alpha value is -2.38. The molecule has 1 amide bonds. The number of carbonyl (C=O) groups excluding carboxylic acids is 1. The number of nitrogens with zero attached hydrogens (tertiary/aromatic N) is 4. The second kappa shape index (κ2) is 7.47. The van der Waals surface area contributed by atoms with Gasteiger partial charge in [-0.05, 0) is 31.5 Å². The summed E-state index contributed by atoms with van der Waals surface area (Å²) in [6.45, 7) is 3.89. The molecule has 0 radical (unpaired) electrons. The Bertz CT molecular complexity index is 953. The molecule has 0 bridgehead atoms. The van der Waals surface area contributed by atoms with Crippen LogP contribution in [0.5, 0.6) is 0 Å². The van der Waals surface area contributed by atoms with E-state index in [4.69, 9.17) is 23.2 Å². The Kier molecular flexibility index (Phi) is 5.29. The van der Waals surface area contributed by atoms with Crippen molar-refractivity contribution in [2.24, 2.45) is 0 Å². The molecule has 3 rings (SSSR count). The molecule has 0 spiro atoms. The summed E-state index contributed by atoms with van der Waals surface area (Å²) in [7, 11) is 0. The Labute approximate surface area is 159 Å². The van der Waals surface area contributed by atoms with Crippen LogP contribution in [0.2, 0.25) is 10.0 Å². The van der Waals surface area contributed by atoms with Crippen molar-refractivity contribution in [1.29, 1.82) is 0 Å². The molecule has 0 aliphatic heterocycles. The van der Waals surface area contributed by atoms with Crippen LogP contribution in [0, 0.1) is 12.7 Å². The molecular weight excluding hydrogens is 380 g/mol. The summed E-state index contributed by atoms with van der Waals surface area (Å²) in [6.07, 6.45) is 4.71. The van der Waals surface area contributed by atoms with Crippen molar-refractivity contribution < 1.29 is 9.18 Å². The van der Waals surface area contributed by atoms with Crippen molar-refractivity contribution in [3.8, 4) is 0 Å². The molecule has 1 unspecified atom stereocenters. The van der Waals surface area contributed by atoms with Gasteiger partial charge >= 0.3 is 0 Å². The molecule has 2 aromatic heterocycles. The third-order valence-electron chi connectivity index (χ3n) is 3.98. The first-order valence-electron chi connectivity index (χ1n) is 7.82. The van der Waals surface area contributed by atoms with Gasteiger partial charge in [0.15, 0.2) is 0 Å². The Morgan fingerprint density at radius 1 is 1.27 bits per heavy atom. The van der Waals surface area contributed by atoms with Gasteiger partial charge in [-0.1, -0.05) is 29.3 Å². The van der Waals surface area contributed by atoms with Crippen LogP contribution in [0.25, 0.3) is 0 Å². The molecular formula is C17H16Cl2FN5O. The van der Waals surface area contributed by atoms with Crippen LogP contribution in [0.3, 0.4) is 0 Å². The van der Waals surface area contributed by atoms with Crippen molar-refractivity contribution in [1.82, 2.24) is 19.6 Å². The van der Waals surface area contributed by atoms with Gasteiger partial charge in [-0.25, -0.2) is 4.39 Å². The van der Waals surface area contributed by atoms with E-state index in [0.29, 0.717) is 22.3 Å². The molecule has 136 valence electrons. The number of amides is 1. The van der Waals surface area contributed by atoms with Crippen LogP contribution in [-0.2, 0) is 11.3 Å². The third kappa shape index (κ3) is 3.89. The van der Waals surface area contributed by atoms with Crippen LogP contribution >= 0.6 is 23.2 Å². The fourth-order valence-electron chi connectivity index (χ4n) is 2.49. The minimum absolute atomic E-state index is 0.243. The highest BCUT2D eigenvalue weighted by molar-refractivity contribution is 6.31. The van der Waals surface area contributed by atoms with E-state index in [1.54, 1.807) is 35.5 Å². The highest BCUT2D eigenvalue weighted by Crippen LogP contribution is 2.20. The topological polar surface area (TPSA) is 64.7 Å². The number of carbonyl (C=O) groups is 1. The fourth-order valence-corrected chi connectivity index (χ4v) is 2.85. The molecule has 1 aromatic carbocycles. The minimum atomic E-state index is -0.530. The van der Waals surface area contributed by atoms with Crippen LogP contribution in [0.4, 0.5) is 10.1 Å². The maximum absolute atomic E-state index is 13.1. The van der Waals surface area contributed by atoms with Crippen molar-refractivity contribution >= 4 is 34.8 Å². The zero-order valence-corrected chi connectivity index (χ0v) is 15.6. The van der Waals surface area contributed by atoms with Crippen molar-refractivity contribution in [2.75, 3.05) is 5.32 Å². The van der Waals surface area contributed by atoms with Gasteiger partial charge in [0.25, 0.3) is 0 Å². The van der Waals surface area contributed by atoms with Gasteiger partial charge in [0.2, 0.25) is 5.91 Å². The molecule has 26 heavy (non-hydrogen) atoms. The second-order valence-corrected chi connectivity index (χ2v) is 6.66. The summed E-state index contributed by atoms with van der Waals surface area (Å²) < 4.78 is 16.3. The van der Waals surface area contributed by atoms with E-state index in [0.717, 1.165) is 11.3 Å². The normalized spacial score (nSPS) is 12.2. The highest BCUT2D eigenvalue weighted by Gasteiger charge is 2.19. The van der Waals surface area contributed by atoms with Gasteiger partial charge in [0.1, 0.15) is 11.9 Å². The monoisotopic (exact) mass is 395 g/mol. The lowest BCUT2D eigenvalue weighted by Crippen LogP contribution is -2.25. The number of nitrogens with one attached hydrogen (secondary N) is 1. The molecule has 0 aliphatic carbocycles. The number of benzene rings is 1. The van der Waals surface area contributed by atoms with Crippen LogP contribution in [-0.4, -0.2) is 25.5 Å². The quantitative estimate of drug-likeness (QED) is 0.707. The van der Waals surface area contributed by atoms with Crippen molar-refractivity contribution in [3.63, 3.8) is 0 Å². The molecule has 2 heterocycles. The Balaban J connectivity index is 1.68. The molecule has 0 aliphatic rings. The minimum Gasteiger partial charge on any atom is -0.322 e. The molecule has 1 N–H and O–H groups in total. The predicted molar refractivity (Wildman–Crippen MR) is 98.1 cm³/mol. The number of halogens is 3. The van der Waals surface area contributed by atoms with E-state index in [1.165, 1.54) is 24.5 Å². The average molecular weight is 396 g/mol. The van der Waals surface area contributed by atoms with Gasteiger partial charge in [-0.15, -0.1) is 0 Å². The number of hydrogen-bond donors (Lipinski definition) is 1. The number of anilines is 1. The van der Waals surface area contributed by atoms with Gasteiger partial charge in [0, 0.05) is 11.2 Å². The largest absolute Gasteiger partial charge is 0.322 e. The number of aromatic nitrogens is 4. The van der Waals surface area contributed by atoms with Gasteiger partial charge in [0.05, 0.1) is 35.3 Å². The van der Waals surface area contributed by atoms with Gasteiger partial charge in [-0.3, -0.25) is 14.2 Å². The first-order valence-corrected chi connectivity index (χ1v) is 8.57. The molecule has 0 saturated carbocycles. The number of hydrogen-bond acceptors (Lipinski definition) is 3. The van der Waals surface area contributed by atoms with E-state index >= 15 is 0 Å². The molecule has 0 saturated heterocycles. The predicted octanol–water partition coefficient (Wildman–Crippen LogP) is 4.08. The summed E-state index contributed by atoms with van der Waals surface area (Å²) in [5.74, 6) is -0.637. The summed E-state index contributed by atoms with van der Waals surface area (Å²) in [5.41, 5.74) is 1.98. The highest BCUT2D eigenvalue weighted by atomic mass is 35.5. The molecule has 1 atom stereocenters. The molecule has 0 fully saturated rings. The van der Waals surface area contributed by atoms with E-state index in [2.05, 4.69) is 15.5 Å². The maximum atomic E-state index is 13.1. The first-order chi connectivity index (χ1) is 12.3. The lowest BCUT2D eigenvalue weighted by Gasteiger charge is -2.13. The van der Waals surface area contributed by atoms with E-state index in [1.807, 2.05) is 0 Å².